The molecule has 0 atom stereocenters. The maximum atomic E-state index is 12.7. The van der Waals surface area contributed by atoms with Gasteiger partial charge in [-0.1, -0.05) is 26.2 Å². The molecule has 1 saturated heterocycles. The van der Waals surface area contributed by atoms with Crippen LogP contribution in [0.4, 0.5) is 0 Å². The molecule has 1 N–H and O–H groups in total. The first-order valence-corrected chi connectivity index (χ1v) is 9.11. The molecule has 2 fully saturated rings. The third kappa shape index (κ3) is 3.29. The third-order valence-electron chi connectivity index (χ3n) is 4.60. The molecule has 116 valence electrons. The van der Waals surface area contributed by atoms with Crippen LogP contribution in [0, 0.1) is 0 Å². The van der Waals surface area contributed by atoms with E-state index in [2.05, 4.69) is 12.2 Å². The molecule has 5 heteroatoms. The summed E-state index contributed by atoms with van der Waals surface area (Å²) in [6, 6.07) is 0. The van der Waals surface area contributed by atoms with Crippen molar-refractivity contribution in [1.29, 1.82) is 0 Å². The predicted octanol–water partition coefficient (Wildman–Crippen LogP) is 2.80. The van der Waals surface area contributed by atoms with Gasteiger partial charge in [0, 0.05) is 32.1 Å². The molecule has 0 aromatic carbocycles. The molecular formula is C16H25N3OS. The van der Waals surface area contributed by atoms with Crippen molar-refractivity contribution in [2.75, 3.05) is 26.2 Å². The summed E-state index contributed by atoms with van der Waals surface area (Å²) in [5, 5.41) is 4.51. The minimum Gasteiger partial charge on any atom is -0.335 e. The predicted molar refractivity (Wildman–Crippen MR) is 86.1 cm³/mol. The van der Waals surface area contributed by atoms with Crippen molar-refractivity contribution in [1.82, 2.24) is 15.2 Å². The summed E-state index contributed by atoms with van der Waals surface area (Å²) in [6.07, 6.45) is 7.33. The molecule has 21 heavy (non-hydrogen) atoms. The molecule has 0 bridgehead atoms. The Morgan fingerprint density at radius 2 is 2.00 bits per heavy atom. The fourth-order valence-electron chi connectivity index (χ4n) is 3.31. The van der Waals surface area contributed by atoms with E-state index in [0.29, 0.717) is 5.92 Å². The Labute approximate surface area is 130 Å². The van der Waals surface area contributed by atoms with E-state index in [0.717, 1.165) is 43.2 Å². The Kier molecular flexibility index (Phi) is 4.91. The number of nitrogens with zero attached hydrogens (tertiary/aromatic N) is 2. The summed E-state index contributed by atoms with van der Waals surface area (Å²) in [4.78, 5) is 20.5. The molecule has 1 saturated carbocycles. The molecule has 0 radical (unpaired) electrons. The van der Waals surface area contributed by atoms with E-state index in [9.17, 15) is 4.79 Å². The van der Waals surface area contributed by atoms with E-state index < -0.39 is 0 Å². The maximum absolute atomic E-state index is 12.7. The van der Waals surface area contributed by atoms with Crippen LogP contribution in [0.3, 0.4) is 0 Å². The average molecular weight is 307 g/mol. The van der Waals surface area contributed by atoms with Gasteiger partial charge in [-0.15, -0.1) is 11.3 Å². The highest BCUT2D eigenvalue weighted by Crippen LogP contribution is 2.36. The lowest BCUT2D eigenvalue weighted by Gasteiger charge is -2.27. The molecule has 1 amide bonds. The van der Waals surface area contributed by atoms with E-state index in [4.69, 9.17) is 4.98 Å². The molecule has 1 aromatic rings. The van der Waals surface area contributed by atoms with Crippen LogP contribution >= 0.6 is 11.3 Å². The van der Waals surface area contributed by atoms with E-state index >= 15 is 0 Å². The molecular weight excluding hydrogens is 282 g/mol. The standard InChI is InChI=1S/C16H25N3OS/c1-2-13-14(16(20)19-10-8-17-9-11-19)21-15(18-13)12-6-4-3-5-7-12/h12,17H,2-11H2,1H3. The fraction of sp³-hybridized carbons (Fsp3) is 0.750. The van der Waals surface area contributed by atoms with Crippen molar-refractivity contribution < 1.29 is 4.79 Å². The number of amides is 1. The van der Waals surface area contributed by atoms with E-state index in [-0.39, 0.29) is 5.91 Å². The van der Waals surface area contributed by atoms with Crippen LogP contribution in [-0.2, 0) is 6.42 Å². The van der Waals surface area contributed by atoms with Crippen molar-refractivity contribution in [3.05, 3.63) is 15.6 Å². The van der Waals surface area contributed by atoms with Crippen molar-refractivity contribution >= 4 is 17.2 Å². The molecule has 2 heterocycles. The zero-order valence-corrected chi connectivity index (χ0v) is 13.7. The van der Waals surface area contributed by atoms with Gasteiger partial charge in [-0.2, -0.15) is 0 Å². The maximum Gasteiger partial charge on any atom is 0.265 e. The molecule has 1 aromatic heterocycles. The van der Waals surface area contributed by atoms with Gasteiger partial charge in [-0.25, -0.2) is 4.98 Å². The Bertz CT molecular complexity index is 488. The smallest absolute Gasteiger partial charge is 0.265 e. The zero-order valence-electron chi connectivity index (χ0n) is 12.9. The number of carbonyl (C=O) groups is 1. The molecule has 1 aliphatic heterocycles. The van der Waals surface area contributed by atoms with Gasteiger partial charge >= 0.3 is 0 Å². The van der Waals surface area contributed by atoms with E-state index in [1.165, 1.54) is 37.1 Å². The Balaban J connectivity index is 1.79. The number of hydrogen-bond donors (Lipinski definition) is 1. The SMILES string of the molecule is CCc1nc(C2CCCCC2)sc1C(=O)N1CCNCC1. The number of piperazine rings is 1. The molecule has 0 unspecified atom stereocenters. The monoisotopic (exact) mass is 307 g/mol. The van der Waals surface area contributed by atoms with Crippen molar-refractivity contribution in [3.63, 3.8) is 0 Å². The summed E-state index contributed by atoms with van der Waals surface area (Å²) in [7, 11) is 0. The fourth-order valence-corrected chi connectivity index (χ4v) is 4.60. The van der Waals surface area contributed by atoms with Gasteiger partial charge in [0.15, 0.2) is 0 Å². The van der Waals surface area contributed by atoms with E-state index in [1.807, 2.05) is 4.90 Å². The van der Waals surface area contributed by atoms with Gasteiger partial charge in [0.05, 0.1) is 10.7 Å². The van der Waals surface area contributed by atoms with Crippen LogP contribution < -0.4 is 5.32 Å². The Morgan fingerprint density at radius 1 is 1.29 bits per heavy atom. The second-order valence-electron chi connectivity index (χ2n) is 6.06. The normalized spacial score (nSPS) is 20.7. The quantitative estimate of drug-likeness (QED) is 0.934. The number of carbonyl (C=O) groups excluding carboxylic acids is 1. The largest absolute Gasteiger partial charge is 0.335 e. The molecule has 1 aliphatic carbocycles. The summed E-state index contributed by atoms with van der Waals surface area (Å²) in [5.41, 5.74) is 1.02. The number of rotatable bonds is 3. The van der Waals surface area contributed by atoms with Gasteiger partial charge in [0.25, 0.3) is 5.91 Å². The zero-order chi connectivity index (χ0) is 14.7. The van der Waals surface area contributed by atoms with E-state index in [1.54, 1.807) is 11.3 Å². The van der Waals surface area contributed by atoms with Crippen molar-refractivity contribution in [2.24, 2.45) is 0 Å². The number of aromatic nitrogens is 1. The number of hydrogen-bond acceptors (Lipinski definition) is 4. The van der Waals surface area contributed by atoms with Gasteiger partial charge < -0.3 is 10.2 Å². The van der Waals surface area contributed by atoms with Crippen LogP contribution in [0.1, 0.15) is 65.3 Å². The summed E-state index contributed by atoms with van der Waals surface area (Å²) in [6.45, 7) is 5.55. The summed E-state index contributed by atoms with van der Waals surface area (Å²) in [5.74, 6) is 0.798. The lowest BCUT2D eigenvalue weighted by Crippen LogP contribution is -2.46. The van der Waals surface area contributed by atoms with Crippen molar-refractivity contribution in [2.45, 2.75) is 51.4 Å². The van der Waals surface area contributed by atoms with Crippen LogP contribution in [0.5, 0.6) is 0 Å². The van der Waals surface area contributed by atoms with Gasteiger partial charge in [-0.3, -0.25) is 4.79 Å². The lowest BCUT2D eigenvalue weighted by atomic mass is 9.90. The topological polar surface area (TPSA) is 45.2 Å². The second-order valence-corrected chi connectivity index (χ2v) is 7.09. The number of nitrogens with one attached hydrogen (secondary N) is 1. The number of thiazole rings is 1. The van der Waals surface area contributed by atoms with Crippen LogP contribution in [0.2, 0.25) is 0 Å². The minimum atomic E-state index is 0.202. The molecule has 3 rings (SSSR count). The average Bonchev–Trinajstić information content (AvgIpc) is 3.00. The first kappa shape index (κ1) is 15.0. The highest BCUT2D eigenvalue weighted by atomic mass is 32.1. The highest BCUT2D eigenvalue weighted by Gasteiger charge is 2.26. The Morgan fingerprint density at radius 3 is 2.67 bits per heavy atom. The number of aryl methyl sites for hydroxylation is 1. The summed E-state index contributed by atoms with van der Waals surface area (Å²) >= 11 is 1.67. The third-order valence-corrected chi connectivity index (χ3v) is 5.85. The minimum absolute atomic E-state index is 0.202. The van der Waals surface area contributed by atoms with Crippen LogP contribution in [0.25, 0.3) is 0 Å². The first-order chi connectivity index (χ1) is 10.3. The van der Waals surface area contributed by atoms with Crippen LogP contribution in [0.15, 0.2) is 0 Å². The molecule has 4 nitrogen and oxygen atoms in total. The van der Waals surface area contributed by atoms with Crippen molar-refractivity contribution in [3.8, 4) is 0 Å². The van der Waals surface area contributed by atoms with Gasteiger partial charge in [-0.05, 0) is 19.3 Å². The second kappa shape index (κ2) is 6.88. The van der Waals surface area contributed by atoms with Gasteiger partial charge in [0.2, 0.25) is 0 Å². The summed E-state index contributed by atoms with van der Waals surface area (Å²) < 4.78 is 0. The highest BCUT2D eigenvalue weighted by molar-refractivity contribution is 7.13. The van der Waals surface area contributed by atoms with Gasteiger partial charge in [0.1, 0.15) is 4.88 Å². The Hall–Kier alpha value is -0.940. The molecule has 2 aliphatic rings. The van der Waals surface area contributed by atoms with Crippen LogP contribution in [-0.4, -0.2) is 42.0 Å². The lowest BCUT2D eigenvalue weighted by molar-refractivity contribution is 0.0739. The first-order valence-electron chi connectivity index (χ1n) is 8.29. The molecule has 0 spiro atoms.